The molecular weight excluding hydrogens is 256 g/mol. The summed E-state index contributed by atoms with van der Waals surface area (Å²) >= 11 is 3.45. The molecule has 0 atom stereocenters. The fourth-order valence-corrected chi connectivity index (χ4v) is 1.82. The van der Waals surface area contributed by atoms with Crippen molar-refractivity contribution in [1.29, 1.82) is 0 Å². The van der Waals surface area contributed by atoms with Crippen LogP contribution in [-0.4, -0.2) is 16.6 Å². The van der Waals surface area contributed by atoms with Gasteiger partial charge in [-0.2, -0.15) is 0 Å². The van der Waals surface area contributed by atoms with Gasteiger partial charge in [0.2, 0.25) is 0 Å². The Kier molecular flexibility index (Phi) is 2.86. The van der Waals surface area contributed by atoms with Crippen LogP contribution in [-0.2, 0) is 0 Å². The molecule has 78 valence electrons. The number of aromatic nitrogens is 2. The third-order valence-corrected chi connectivity index (χ3v) is 2.64. The highest BCUT2D eigenvalue weighted by atomic mass is 79.9. The van der Waals surface area contributed by atoms with E-state index in [1.807, 2.05) is 26.0 Å². The summed E-state index contributed by atoms with van der Waals surface area (Å²) in [5.41, 5.74) is 2.65. The van der Waals surface area contributed by atoms with Gasteiger partial charge in [-0.15, -0.1) is 0 Å². The van der Waals surface area contributed by atoms with Crippen molar-refractivity contribution in [3.63, 3.8) is 0 Å². The minimum absolute atomic E-state index is 0.642. The van der Waals surface area contributed by atoms with Gasteiger partial charge in [-0.05, 0) is 35.8 Å². The number of hydrogen-bond donors (Lipinski definition) is 0. The minimum atomic E-state index is 0.642. The van der Waals surface area contributed by atoms with Gasteiger partial charge in [-0.1, -0.05) is 0 Å². The molecule has 4 heteroatoms. The second-order valence-corrected chi connectivity index (χ2v) is 4.07. The third kappa shape index (κ3) is 2.09. The quantitative estimate of drug-likeness (QED) is 0.838. The van der Waals surface area contributed by atoms with E-state index in [4.69, 9.17) is 4.74 Å². The van der Waals surface area contributed by atoms with E-state index in [2.05, 4.69) is 25.9 Å². The molecule has 2 rings (SSSR count). The number of fused-ring (bicyclic) bond motifs is 1. The molecule has 0 unspecified atom stereocenters. The molecular formula is C11H11BrN2O. The summed E-state index contributed by atoms with van der Waals surface area (Å²) in [6, 6.07) is 3.83. The Labute approximate surface area is 96.6 Å². The minimum Gasteiger partial charge on any atom is -0.493 e. The summed E-state index contributed by atoms with van der Waals surface area (Å²) < 4.78 is 6.37. The predicted molar refractivity (Wildman–Crippen MR) is 63.1 cm³/mol. The highest BCUT2D eigenvalue weighted by Crippen LogP contribution is 2.28. The smallest absolute Gasteiger partial charge is 0.135 e. The Morgan fingerprint density at radius 2 is 2.13 bits per heavy atom. The van der Waals surface area contributed by atoms with Gasteiger partial charge in [0.1, 0.15) is 5.75 Å². The molecule has 0 N–H and O–H groups in total. The van der Waals surface area contributed by atoms with Crippen LogP contribution in [0.5, 0.6) is 5.75 Å². The second kappa shape index (κ2) is 4.14. The van der Waals surface area contributed by atoms with Crippen LogP contribution < -0.4 is 4.74 Å². The summed E-state index contributed by atoms with van der Waals surface area (Å²) in [5.74, 6) is 0.808. The third-order valence-electron chi connectivity index (χ3n) is 2.02. The number of benzene rings is 1. The molecule has 3 nitrogen and oxygen atoms in total. The molecule has 0 aliphatic rings. The van der Waals surface area contributed by atoms with Crippen molar-refractivity contribution < 1.29 is 4.74 Å². The highest BCUT2D eigenvalue weighted by molar-refractivity contribution is 9.10. The molecule has 0 aliphatic heterocycles. The molecule has 0 fully saturated rings. The van der Waals surface area contributed by atoms with Crippen LogP contribution in [0.3, 0.4) is 0 Å². The lowest BCUT2D eigenvalue weighted by molar-refractivity contribution is 0.338. The zero-order chi connectivity index (χ0) is 10.8. The van der Waals surface area contributed by atoms with Crippen molar-refractivity contribution in [2.24, 2.45) is 0 Å². The van der Waals surface area contributed by atoms with Gasteiger partial charge in [-0.25, -0.2) is 4.98 Å². The van der Waals surface area contributed by atoms with Crippen LogP contribution >= 0.6 is 15.9 Å². The Morgan fingerprint density at radius 3 is 2.87 bits per heavy atom. The molecule has 0 saturated heterocycles. The molecule has 2 aromatic rings. The fourth-order valence-electron chi connectivity index (χ4n) is 1.37. The van der Waals surface area contributed by atoms with Gasteiger partial charge >= 0.3 is 0 Å². The maximum absolute atomic E-state index is 5.46. The highest BCUT2D eigenvalue weighted by Gasteiger charge is 2.05. The maximum Gasteiger partial charge on any atom is 0.135 e. The van der Waals surface area contributed by atoms with Crippen molar-refractivity contribution in [3.05, 3.63) is 28.5 Å². The molecule has 1 heterocycles. The van der Waals surface area contributed by atoms with Crippen molar-refractivity contribution >= 4 is 27.0 Å². The number of halogens is 1. The van der Waals surface area contributed by atoms with Gasteiger partial charge in [0.05, 0.1) is 27.8 Å². The van der Waals surface area contributed by atoms with Gasteiger partial charge < -0.3 is 4.74 Å². The molecule has 1 aromatic carbocycles. The van der Waals surface area contributed by atoms with E-state index in [1.165, 1.54) is 0 Å². The Morgan fingerprint density at radius 1 is 1.33 bits per heavy atom. The molecule has 0 saturated carbocycles. The van der Waals surface area contributed by atoms with Crippen LogP contribution in [0, 0.1) is 6.92 Å². The number of hydrogen-bond acceptors (Lipinski definition) is 3. The first-order chi connectivity index (χ1) is 7.20. The first-order valence-corrected chi connectivity index (χ1v) is 5.55. The van der Waals surface area contributed by atoms with Crippen molar-refractivity contribution in [2.45, 2.75) is 13.8 Å². The van der Waals surface area contributed by atoms with Gasteiger partial charge in [-0.3, -0.25) is 4.98 Å². The maximum atomic E-state index is 5.46. The molecule has 0 radical (unpaired) electrons. The molecule has 0 aliphatic carbocycles. The van der Waals surface area contributed by atoms with Crippen molar-refractivity contribution in [2.75, 3.05) is 6.61 Å². The predicted octanol–water partition coefficient (Wildman–Crippen LogP) is 3.10. The average molecular weight is 267 g/mol. The first-order valence-electron chi connectivity index (χ1n) is 4.76. The SMILES string of the molecule is CCOc1cc2ncc(C)nc2cc1Br. The van der Waals surface area contributed by atoms with Crippen LogP contribution in [0.25, 0.3) is 11.0 Å². The first kappa shape index (κ1) is 10.4. The molecule has 0 amide bonds. The van der Waals surface area contributed by atoms with Crippen LogP contribution in [0.15, 0.2) is 22.8 Å². The Bertz CT molecular complexity index is 499. The summed E-state index contributed by atoms with van der Waals surface area (Å²) in [7, 11) is 0. The standard InChI is InChI=1S/C11H11BrN2O/c1-3-15-11-5-9-10(4-8(11)12)14-7(2)6-13-9/h4-6H,3H2,1-2H3. The summed E-state index contributed by atoms with van der Waals surface area (Å²) in [5, 5.41) is 0. The van der Waals surface area contributed by atoms with Crippen LogP contribution in [0.4, 0.5) is 0 Å². The lowest BCUT2D eigenvalue weighted by Gasteiger charge is -2.06. The lowest BCUT2D eigenvalue weighted by Crippen LogP contribution is -1.94. The zero-order valence-corrected chi connectivity index (χ0v) is 10.2. The zero-order valence-electron chi connectivity index (χ0n) is 8.62. The van der Waals surface area contributed by atoms with E-state index in [-0.39, 0.29) is 0 Å². The Hall–Kier alpha value is -1.16. The van der Waals surface area contributed by atoms with Crippen LogP contribution in [0.1, 0.15) is 12.6 Å². The lowest BCUT2D eigenvalue weighted by atomic mass is 10.3. The summed E-state index contributed by atoms with van der Waals surface area (Å²) in [4.78, 5) is 8.69. The molecule has 0 spiro atoms. The average Bonchev–Trinajstić information content (AvgIpc) is 2.20. The van der Waals surface area contributed by atoms with Gasteiger partial charge in [0.15, 0.2) is 0 Å². The van der Waals surface area contributed by atoms with E-state index < -0.39 is 0 Å². The molecule has 0 bridgehead atoms. The van der Waals surface area contributed by atoms with E-state index in [0.29, 0.717) is 6.61 Å². The summed E-state index contributed by atoms with van der Waals surface area (Å²) in [6.45, 7) is 4.53. The van der Waals surface area contributed by atoms with E-state index in [9.17, 15) is 0 Å². The number of nitrogens with zero attached hydrogens (tertiary/aromatic N) is 2. The monoisotopic (exact) mass is 266 g/mol. The number of rotatable bonds is 2. The Balaban J connectivity index is 2.60. The molecule has 1 aromatic heterocycles. The van der Waals surface area contributed by atoms with Crippen molar-refractivity contribution in [1.82, 2.24) is 9.97 Å². The second-order valence-electron chi connectivity index (χ2n) is 3.22. The van der Waals surface area contributed by atoms with Crippen LogP contribution in [0.2, 0.25) is 0 Å². The van der Waals surface area contributed by atoms with E-state index in [1.54, 1.807) is 6.20 Å². The topological polar surface area (TPSA) is 35.0 Å². The number of aryl methyl sites for hydroxylation is 1. The molecule has 15 heavy (non-hydrogen) atoms. The van der Waals surface area contributed by atoms with Gasteiger partial charge in [0.25, 0.3) is 0 Å². The van der Waals surface area contributed by atoms with E-state index in [0.717, 1.165) is 26.9 Å². The normalized spacial score (nSPS) is 10.6. The largest absolute Gasteiger partial charge is 0.493 e. The van der Waals surface area contributed by atoms with Gasteiger partial charge in [0, 0.05) is 12.3 Å². The van der Waals surface area contributed by atoms with Crippen molar-refractivity contribution in [3.8, 4) is 5.75 Å². The van der Waals surface area contributed by atoms with E-state index >= 15 is 0 Å². The number of ether oxygens (including phenoxy) is 1. The fraction of sp³-hybridized carbons (Fsp3) is 0.273. The summed E-state index contributed by atoms with van der Waals surface area (Å²) in [6.07, 6.45) is 1.76.